The predicted molar refractivity (Wildman–Crippen MR) is 94.8 cm³/mol. The van der Waals surface area contributed by atoms with E-state index in [0.717, 1.165) is 24.0 Å². The van der Waals surface area contributed by atoms with Gasteiger partial charge in [0.05, 0.1) is 18.8 Å². The van der Waals surface area contributed by atoms with Crippen molar-refractivity contribution in [3.63, 3.8) is 0 Å². The second-order valence-corrected chi connectivity index (χ2v) is 7.92. The maximum Gasteiger partial charge on any atom is 0.119 e. The van der Waals surface area contributed by atoms with Crippen molar-refractivity contribution >= 4 is 0 Å². The third-order valence-corrected chi connectivity index (χ3v) is 6.18. The van der Waals surface area contributed by atoms with Crippen LogP contribution in [0.15, 0.2) is 30.4 Å². The van der Waals surface area contributed by atoms with E-state index in [2.05, 4.69) is 25.1 Å². The first kappa shape index (κ1) is 17.5. The molecule has 0 saturated heterocycles. The van der Waals surface area contributed by atoms with Crippen molar-refractivity contribution in [2.24, 2.45) is 17.6 Å². The summed E-state index contributed by atoms with van der Waals surface area (Å²) in [6, 6.07) is 5.78. The Morgan fingerprint density at radius 3 is 2.75 bits per heavy atom. The van der Waals surface area contributed by atoms with Crippen molar-refractivity contribution in [3.05, 3.63) is 41.5 Å². The lowest BCUT2D eigenvalue weighted by Gasteiger charge is -2.34. The summed E-state index contributed by atoms with van der Waals surface area (Å²) < 4.78 is 0. The van der Waals surface area contributed by atoms with Gasteiger partial charge in [0.15, 0.2) is 0 Å². The van der Waals surface area contributed by atoms with Gasteiger partial charge in [-0.1, -0.05) is 31.2 Å². The molecule has 132 valence electrons. The molecular formula is C20H29NO3. The molecule has 0 radical (unpaired) electrons. The van der Waals surface area contributed by atoms with Gasteiger partial charge in [0.25, 0.3) is 0 Å². The fraction of sp³-hybridized carbons (Fsp3) is 0.600. The van der Waals surface area contributed by atoms with Gasteiger partial charge in [-0.05, 0) is 55.6 Å². The maximum absolute atomic E-state index is 10.5. The number of phenols is 1. The molecule has 1 fully saturated rings. The van der Waals surface area contributed by atoms with E-state index in [0.29, 0.717) is 30.4 Å². The van der Waals surface area contributed by atoms with Crippen molar-refractivity contribution < 1.29 is 15.3 Å². The molecule has 0 aromatic heterocycles. The zero-order valence-electron chi connectivity index (χ0n) is 14.4. The van der Waals surface area contributed by atoms with E-state index in [-0.39, 0.29) is 18.6 Å². The first-order valence-corrected chi connectivity index (χ1v) is 8.93. The van der Waals surface area contributed by atoms with Crippen LogP contribution in [0.1, 0.15) is 43.7 Å². The van der Waals surface area contributed by atoms with Crippen molar-refractivity contribution in [3.8, 4) is 5.75 Å². The van der Waals surface area contributed by atoms with Crippen LogP contribution in [0.4, 0.5) is 0 Å². The number of hydrogen-bond donors (Lipinski definition) is 4. The minimum Gasteiger partial charge on any atom is -0.508 e. The molecule has 0 spiro atoms. The standard InChI is InChI=1S/C20H29NO3/c1-14-9-16-3-2-7-20(14,11-16)17-10-15(4-5-18(17)24)6-8-19(21,12-22)13-23/h2,4-5,7,10,14,16,22-24H,3,6,8-9,11-13,21H2,1H3. The van der Waals surface area contributed by atoms with Crippen LogP contribution in [0.3, 0.4) is 0 Å². The summed E-state index contributed by atoms with van der Waals surface area (Å²) in [5.41, 5.74) is 7.07. The Labute approximate surface area is 144 Å². The Bertz CT molecular complexity index is 623. The molecule has 24 heavy (non-hydrogen) atoms. The fourth-order valence-corrected chi connectivity index (χ4v) is 4.53. The number of nitrogens with two attached hydrogens (primary N) is 1. The summed E-state index contributed by atoms with van der Waals surface area (Å²) >= 11 is 0. The first-order valence-electron chi connectivity index (χ1n) is 8.93. The van der Waals surface area contributed by atoms with Gasteiger partial charge in [0.1, 0.15) is 5.75 Å². The molecule has 3 rings (SSSR count). The third-order valence-electron chi connectivity index (χ3n) is 6.18. The normalized spacial score (nSPS) is 29.2. The van der Waals surface area contributed by atoms with Gasteiger partial charge >= 0.3 is 0 Å². The predicted octanol–water partition coefficient (Wildman–Crippen LogP) is 2.25. The van der Waals surface area contributed by atoms with Gasteiger partial charge < -0.3 is 21.1 Å². The SMILES string of the molecule is CC1CC2CC=CC1(c1cc(CCC(N)(CO)CO)ccc1O)C2. The molecule has 4 nitrogen and oxygen atoms in total. The third kappa shape index (κ3) is 2.99. The Morgan fingerprint density at radius 2 is 2.04 bits per heavy atom. The summed E-state index contributed by atoms with van der Waals surface area (Å²) in [6.07, 6.45) is 9.21. The first-order chi connectivity index (χ1) is 11.4. The van der Waals surface area contributed by atoms with Crippen LogP contribution in [0.25, 0.3) is 0 Å². The van der Waals surface area contributed by atoms with Gasteiger partial charge in [-0.15, -0.1) is 0 Å². The molecule has 3 unspecified atom stereocenters. The van der Waals surface area contributed by atoms with Crippen molar-refractivity contribution in [2.75, 3.05) is 13.2 Å². The summed E-state index contributed by atoms with van der Waals surface area (Å²) in [5, 5.41) is 29.2. The molecule has 5 N–H and O–H groups in total. The van der Waals surface area contributed by atoms with Gasteiger partial charge in [-0.25, -0.2) is 0 Å². The molecule has 0 aliphatic heterocycles. The minimum atomic E-state index is -0.952. The molecule has 2 aliphatic carbocycles. The number of aliphatic hydroxyl groups is 2. The lowest BCUT2D eigenvalue weighted by Crippen LogP contribution is -2.47. The van der Waals surface area contributed by atoms with Gasteiger partial charge in [0.2, 0.25) is 0 Å². The molecule has 3 atom stereocenters. The van der Waals surface area contributed by atoms with Crippen molar-refractivity contribution in [2.45, 2.75) is 50.0 Å². The quantitative estimate of drug-likeness (QED) is 0.602. The lowest BCUT2D eigenvalue weighted by molar-refractivity contribution is 0.115. The smallest absolute Gasteiger partial charge is 0.119 e. The van der Waals surface area contributed by atoms with E-state index in [1.807, 2.05) is 6.07 Å². The number of benzene rings is 1. The summed E-state index contributed by atoms with van der Waals surface area (Å²) in [6.45, 7) is 1.81. The van der Waals surface area contributed by atoms with Crippen molar-refractivity contribution in [1.29, 1.82) is 0 Å². The molecular weight excluding hydrogens is 302 g/mol. The molecule has 1 saturated carbocycles. The van der Waals surface area contributed by atoms with E-state index in [1.54, 1.807) is 6.07 Å². The molecule has 0 heterocycles. The molecule has 2 bridgehead atoms. The highest BCUT2D eigenvalue weighted by atomic mass is 16.3. The van der Waals surface area contributed by atoms with E-state index >= 15 is 0 Å². The highest BCUT2D eigenvalue weighted by Gasteiger charge is 2.47. The van der Waals surface area contributed by atoms with Crippen LogP contribution in [0.2, 0.25) is 0 Å². The topological polar surface area (TPSA) is 86.7 Å². The van der Waals surface area contributed by atoms with Gasteiger partial charge in [-0.3, -0.25) is 0 Å². The molecule has 1 aromatic rings. The number of aryl methyl sites for hydroxylation is 1. The monoisotopic (exact) mass is 331 g/mol. The maximum atomic E-state index is 10.5. The number of aliphatic hydroxyl groups excluding tert-OH is 2. The van der Waals surface area contributed by atoms with E-state index in [9.17, 15) is 15.3 Å². The number of phenolic OH excluding ortho intramolecular Hbond substituents is 1. The Morgan fingerprint density at radius 1 is 1.29 bits per heavy atom. The van der Waals surface area contributed by atoms with Crippen LogP contribution in [0, 0.1) is 11.8 Å². The van der Waals surface area contributed by atoms with Gasteiger partial charge in [-0.2, -0.15) is 0 Å². The number of allylic oxidation sites excluding steroid dienone is 2. The Kier molecular flexibility index (Phi) is 4.73. The Hall–Kier alpha value is -1.36. The summed E-state index contributed by atoms with van der Waals surface area (Å²) in [4.78, 5) is 0. The second kappa shape index (κ2) is 6.51. The zero-order chi connectivity index (χ0) is 17.4. The molecule has 4 heteroatoms. The van der Waals surface area contributed by atoms with E-state index in [1.165, 1.54) is 6.42 Å². The van der Waals surface area contributed by atoms with Crippen LogP contribution >= 0.6 is 0 Å². The average Bonchev–Trinajstić information content (AvgIpc) is 2.82. The summed E-state index contributed by atoms with van der Waals surface area (Å²) in [7, 11) is 0. The molecule has 0 amide bonds. The molecule has 2 aliphatic rings. The van der Waals surface area contributed by atoms with Gasteiger partial charge in [0, 0.05) is 11.0 Å². The van der Waals surface area contributed by atoms with E-state index < -0.39 is 5.54 Å². The van der Waals surface area contributed by atoms with Crippen LogP contribution in [0.5, 0.6) is 5.75 Å². The average molecular weight is 331 g/mol. The summed E-state index contributed by atoms with van der Waals surface area (Å²) in [5.74, 6) is 1.60. The number of aromatic hydroxyl groups is 1. The highest BCUT2D eigenvalue weighted by Crippen LogP contribution is 2.55. The largest absolute Gasteiger partial charge is 0.508 e. The van der Waals surface area contributed by atoms with Crippen LogP contribution in [-0.2, 0) is 11.8 Å². The van der Waals surface area contributed by atoms with Crippen molar-refractivity contribution in [1.82, 2.24) is 0 Å². The number of fused-ring (bicyclic) bond motifs is 2. The zero-order valence-corrected chi connectivity index (χ0v) is 14.4. The Balaban J connectivity index is 1.87. The van der Waals surface area contributed by atoms with E-state index in [4.69, 9.17) is 5.73 Å². The highest BCUT2D eigenvalue weighted by molar-refractivity contribution is 5.47. The minimum absolute atomic E-state index is 0.0588. The lowest BCUT2D eigenvalue weighted by atomic mass is 9.70. The fourth-order valence-electron chi connectivity index (χ4n) is 4.53. The number of hydrogen-bond acceptors (Lipinski definition) is 4. The second-order valence-electron chi connectivity index (χ2n) is 7.92. The van der Waals surface area contributed by atoms with Crippen LogP contribution in [-0.4, -0.2) is 34.1 Å². The number of rotatable bonds is 6. The molecule has 1 aromatic carbocycles. The van der Waals surface area contributed by atoms with Crippen LogP contribution < -0.4 is 5.73 Å².